The minimum atomic E-state index is -0.411. The summed E-state index contributed by atoms with van der Waals surface area (Å²) in [6.45, 7) is 8.12. The number of carbonyl (C=O) groups is 1. The minimum Gasteiger partial charge on any atom is -0.400 e. The van der Waals surface area contributed by atoms with E-state index in [1.54, 1.807) is 0 Å². The fraction of sp³-hybridized carbons (Fsp3) is 0.500. The van der Waals surface area contributed by atoms with Crippen molar-refractivity contribution < 1.29 is 14.1 Å². The highest BCUT2D eigenvalue weighted by Crippen LogP contribution is 2.39. The number of thiol groups is 1. The van der Waals surface area contributed by atoms with E-state index in [0.717, 1.165) is 16.7 Å². The molecular formula is C18H25BClNO3S. The predicted octanol–water partition coefficient (Wildman–Crippen LogP) is 4.20. The van der Waals surface area contributed by atoms with Crippen LogP contribution in [-0.2, 0) is 14.1 Å². The first-order valence-corrected chi connectivity index (χ1v) is 9.48. The van der Waals surface area contributed by atoms with Gasteiger partial charge in [-0.3, -0.25) is 4.79 Å². The minimum absolute atomic E-state index is 0.0912. The summed E-state index contributed by atoms with van der Waals surface area (Å²) >= 11 is 9.99. The van der Waals surface area contributed by atoms with E-state index >= 15 is 0 Å². The molecule has 1 heterocycles. The van der Waals surface area contributed by atoms with Gasteiger partial charge >= 0.3 is 7.12 Å². The molecule has 1 aromatic rings. The van der Waals surface area contributed by atoms with Gasteiger partial charge < -0.3 is 14.6 Å². The van der Waals surface area contributed by atoms with Crippen molar-refractivity contribution in [1.82, 2.24) is 0 Å². The molecule has 0 atom stereocenters. The van der Waals surface area contributed by atoms with Crippen LogP contribution in [0.1, 0.15) is 39.7 Å². The van der Waals surface area contributed by atoms with Gasteiger partial charge in [0.15, 0.2) is 0 Å². The molecule has 1 N–H and O–H groups in total. The molecule has 136 valence electrons. The number of halogens is 1. The Bertz CT molecular complexity index is 630. The Balaban J connectivity index is 2.11. The maximum atomic E-state index is 11.6. The Hall–Kier alpha value is -0.945. The lowest BCUT2D eigenvalue weighted by atomic mass is 9.78. The van der Waals surface area contributed by atoms with Crippen molar-refractivity contribution in [2.75, 3.05) is 16.9 Å². The van der Waals surface area contributed by atoms with Crippen LogP contribution in [0.4, 0.5) is 5.69 Å². The number of nitrogens with one attached hydrogen (secondary N) is 1. The average molecular weight is 382 g/mol. The zero-order valence-electron chi connectivity index (χ0n) is 15.1. The number of anilines is 1. The van der Waals surface area contributed by atoms with Crippen LogP contribution in [0.2, 0.25) is 0 Å². The van der Waals surface area contributed by atoms with Crippen LogP contribution >= 0.6 is 24.2 Å². The number of alkyl halides is 1. The van der Waals surface area contributed by atoms with E-state index in [1.165, 1.54) is 0 Å². The van der Waals surface area contributed by atoms with Crippen LogP contribution < -0.4 is 5.32 Å². The Labute approximate surface area is 160 Å². The van der Waals surface area contributed by atoms with E-state index in [0.29, 0.717) is 18.1 Å². The van der Waals surface area contributed by atoms with Gasteiger partial charge in [-0.2, -0.15) is 12.6 Å². The molecule has 0 saturated carbocycles. The number of hydrogen-bond acceptors (Lipinski definition) is 4. The molecule has 0 unspecified atom stereocenters. The quantitative estimate of drug-likeness (QED) is 0.441. The van der Waals surface area contributed by atoms with E-state index in [9.17, 15) is 4.79 Å². The molecule has 0 aliphatic carbocycles. The Kier molecular flexibility index (Phi) is 6.65. The molecule has 1 amide bonds. The van der Waals surface area contributed by atoms with Crippen LogP contribution in [0.3, 0.4) is 0 Å². The number of carbonyl (C=O) groups excluding carboxylic acids is 1. The van der Waals surface area contributed by atoms with Crippen molar-refractivity contribution in [3.05, 3.63) is 35.3 Å². The second-order valence-electron chi connectivity index (χ2n) is 7.07. The lowest BCUT2D eigenvalue weighted by molar-refractivity contribution is -0.115. The molecule has 25 heavy (non-hydrogen) atoms. The SMILES string of the molecule is CC1(C)OB(C(=Cc2ccc(NC(=O)CCCl)cc2)CS)OC1(C)C. The van der Waals surface area contributed by atoms with Gasteiger partial charge in [0.1, 0.15) is 0 Å². The van der Waals surface area contributed by atoms with Crippen LogP contribution in [0.5, 0.6) is 0 Å². The Morgan fingerprint density at radius 3 is 2.24 bits per heavy atom. The number of benzene rings is 1. The standard InChI is InChI=1S/C18H25BClNO3S/c1-17(2)18(3,4)24-19(23-17)14(12-25)11-13-5-7-15(8-6-13)21-16(22)9-10-20/h5-8,11,25H,9-10,12H2,1-4H3,(H,21,22). The summed E-state index contributed by atoms with van der Waals surface area (Å²) in [5, 5.41) is 2.81. The first-order chi connectivity index (χ1) is 11.7. The molecule has 2 rings (SSSR count). The topological polar surface area (TPSA) is 47.6 Å². The van der Waals surface area contributed by atoms with Gasteiger partial charge in [-0.05, 0) is 50.9 Å². The molecule has 4 nitrogen and oxygen atoms in total. The third-order valence-electron chi connectivity index (χ3n) is 4.61. The van der Waals surface area contributed by atoms with Crippen LogP contribution in [-0.4, -0.2) is 35.9 Å². The second-order valence-corrected chi connectivity index (χ2v) is 7.77. The molecule has 1 saturated heterocycles. The van der Waals surface area contributed by atoms with Crippen molar-refractivity contribution in [2.24, 2.45) is 0 Å². The second kappa shape index (κ2) is 8.17. The molecule has 0 spiro atoms. The van der Waals surface area contributed by atoms with Gasteiger partial charge in [-0.1, -0.05) is 18.2 Å². The normalized spacial score (nSPS) is 19.1. The van der Waals surface area contributed by atoms with Gasteiger partial charge in [-0.25, -0.2) is 0 Å². The van der Waals surface area contributed by atoms with E-state index in [-0.39, 0.29) is 17.1 Å². The first kappa shape index (κ1) is 20.4. The van der Waals surface area contributed by atoms with Crippen LogP contribution in [0, 0.1) is 0 Å². The highest BCUT2D eigenvalue weighted by Gasteiger charge is 2.52. The number of amides is 1. The summed E-state index contributed by atoms with van der Waals surface area (Å²) in [5.74, 6) is 0.753. The summed E-state index contributed by atoms with van der Waals surface area (Å²) in [5.41, 5.74) is 1.94. The molecule has 0 aromatic heterocycles. The van der Waals surface area contributed by atoms with Gasteiger partial charge in [-0.15, -0.1) is 11.6 Å². The largest absolute Gasteiger partial charge is 0.491 e. The molecule has 0 radical (unpaired) electrons. The third kappa shape index (κ3) is 5.03. The Morgan fingerprint density at radius 1 is 1.20 bits per heavy atom. The molecule has 0 bridgehead atoms. The van der Waals surface area contributed by atoms with Gasteiger partial charge in [0, 0.05) is 23.7 Å². The fourth-order valence-electron chi connectivity index (χ4n) is 2.37. The van der Waals surface area contributed by atoms with E-state index in [4.69, 9.17) is 20.9 Å². The van der Waals surface area contributed by atoms with E-state index in [2.05, 4.69) is 17.9 Å². The highest BCUT2D eigenvalue weighted by molar-refractivity contribution is 7.80. The maximum absolute atomic E-state index is 11.6. The van der Waals surface area contributed by atoms with Crippen molar-refractivity contribution >= 4 is 49.0 Å². The smallest absolute Gasteiger partial charge is 0.400 e. The number of rotatable bonds is 6. The average Bonchev–Trinajstić information content (AvgIpc) is 2.74. The maximum Gasteiger partial charge on any atom is 0.491 e. The van der Waals surface area contributed by atoms with Crippen molar-refractivity contribution in [3.63, 3.8) is 0 Å². The number of hydrogen-bond donors (Lipinski definition) is 2. The molecule has 1 aliphatic heterocycles. The summed E-state index contributed by atoms with van der Waals surface area (Å²) < 4.78 is 12.2. The van der Waals surface area contributed by atoms with E-state index < -0.39 is 7.12 Å². The lowest BCUT2D eigenvalue weighted by Crippen LogP contribution is -2.41. The van der Waals surface area contributed by atoms with Gasteiger partial charge in [0.25, 0.3) is 0 Å². The molecule has 7 heteroatoms. The zero-order valence-corrected chi connectivity index (χ0v) is 16.8. The van der Waals surface area contributed by atoms with Crippen molar-refractivity contribution in [2.45, 2.75) is 45.3 Å². The molecule has 1 aliphatic rings. The van der Waals surface area contributed by atoms with Crippen molar-refractivity contribution in [3.8, 4) is 0 Å². The van der Waals surface area contributed by atoms with Crippen LogP contribution in [0.25, 0.3) is 6.08 Å². The zero-order chi connectivity index (χ0) is 18.7. The highest BCUT2D eigenvalue weighted by atomic mass is 35.5. The summed E-state index contributed by atoms with van der Waals surface area (Å²) in [6.07, 6.45) is 2.31. The van der Waals surface area contributed by atoms with E-state index in [1.807, 2.05) is 58.0 Å². The van der Waals surface area contributed by atoms with Gasteiger partial charge in [0.2, 0.25) is 5.91 Å². The monoisotopic (exact) mass is 381 g/mol. The lowest BCUT2D eigenvalue weighted by Gasteiger charge is -2.32. The third-order valence-corrected chi connectivity index (χ3v) is 5.16. The summed E-state index contributed by atoms with van der Waals surface area (Å²) in [6, 6.07) is 7.59. The molecular weight excluding hydrogens is 357 g/mol. The molecule has 1 aromatic carbocycles. The van der Waals surface area contributed by atoms with Gasteiger partial charge in [0.05, 0.1) is 11.2 Å². The summed E-state index contributed by atoms with van der Waals surface area (Å²) in [7, 11) is -0.411. The first-order valence-electron chi connectivity index (χ1n) is 8.31. The Morgan fingerprint density at radius 2 is 1.76 bits per heavy atom. The van der Waals surface area contributed by atoms with Crippen molar-refractivity contribution in [1.29, 1.82) is 0 Å². The molecule has 1 fully saturated rings. The summed E-state index contributed by atoms with van der Waals surface area (Å²) in [4.78, 5) is 11.6. The van der Waals surface area contributed by atoms with Crippen LogP contribution in [0.15, 0.2) is 29.7 Å². The fourth-order valence-corrected chi connectivity index (χ4v) is 2.78. The predicted molar refractivity (Wildman–Crippen MR) is 108 cm³/mol.